The number of halogens is 1. The van der Waals surface area contributed by atoms with Crippen LogP contribution in [0.15, 0.2) is 36.5 Å². The molecule has 0 fully saturated rings. The third-order valence-electron chi connectivity index (χ3n) is 2.68. The van der Waals surface area contributed by atoms with Crippen molar-refractivity contribution in [2.45, 2.75) is 13.5 Å². The van der Waals surface area contributed by atoms with Gasteiger partial charge in [0.05, 0.1) is 10.6 Å². The Labute approximate surface area is 97.5 Å². The molecule has 2 rings (SSSR count). The molecule has 0 aliphatic heterocycles. The van der Waals surface area contributed by atoms with Crippen molar-refractivity contribution in [1.29, 1.82) is 0 Å². The second-order valence-corrected chi connectivity index (χ2v) is 3.80. The molecule has 0 aliphatic rings. The zero-order valence-corrected chi connectivity index (χ0v) is 9.26. The summed E-state index contributed by atoms with van der Waals surface area (Å²) in [5, 5.41) is 10.7. The maximum Gasteiger partial charge on any atom is 0.289 e. The predicted octanol–water partition coefficient (Wildman–Crippen LogP) is 2.89. The molecule has 1 aromatic carbocycles. The van der Waals surface area contributed by atoms with Gasteiger partial charge in [-0.1, -0.05) is 12.1 Å². The molecule has 17 heavy (non-hydrogen) atoms. The molecular weight excluding hydrogens is 223 g/mol. The van der Waals surface area contributed by atoms with Gasteiger partial charge in [0.15, 0.2) is 0 Å². The summed E-state index contributed by atoms with van der Waals surface area (Å²) in [5.74, 6) is -0.288. The summed E-state index contributed by atoms with van der Waals surface area (Å²) in [6, 6.07) is 7.56. The smallest absolute Gasteiger partial charge is 0.289 e. The van der Waals surface area contributed by atoms with Crippen LogP contribution in [0, 0.1) is 22.9 Å². The van der Waals surface area contributed by atoms with E-state index >= 15 is 0 Å². The van der Waals surface area contributed by atoms with Gasteiger partial charge in [-0.2, -0.15) is 0 Å². The van der Waals surface area contributed by atoms with Crippen molar-refractivity contribution in [1.82, 2.24) is 4.57 Å². The molecule has 1 aromatic heterocycles. The molecule has 0 aliphatic carbocycles. The lowest BCUT2D eigenvalue weighted by molar-refractivity contribution is -0.385. The Hall–Kier alpha value is -2.17. The minimum atomic E-state index is -0.406. The van der Waals surface area contributed by atoms with Crippen LogP contribution in [0.3, 0.4) is 0 Å². The highest BCUT2D eigenvalue weighted by Crippen LogP contribution is 2.19. The van der Waals surface area contributed by atoms with Crippen molar-refractivity contribution in [2.75, 3.05) is 0 Å². The van der Waals surface area contributed by atoms with Crippen LogP contribution in [0.1, 0.15) is 11.3 Å². The van der Waals surface area contributed by atoms with E-state index in [9.17, 15) is 14.5 Å². The maximum absolute atomic E-state index is 12.7. The van der Waals surface area contributed by atoms with Crippen molar-refractivity contribution >= 4 is 5.69 Å². The van der Waals surface area contributed by atoms with E-state index in [4.69, 9.17) is 0 Å². The summed E-state index contributed by atoms with van der Waals surface area (Å²) >= 11 is 0. The van der Waals surface area contributed by atoms with Gasteiger partial charge < -0.3 is 4.57 Å². The minimum Gasteiger partial charge on any atom is -0.341 e. The molecule has 1 heterocycles. The molecule has 0 radical (unpaired) electrons. The molecule has 0 saturated heterocycles. The van der Waals surface area contributed by atoms with Gasteiger partial charge in [0, 0.05) is 18.8 Å². The standard InChI is InChI=1S/C12H11FN2O2/c1-9-12(15(16)17)6-7-14(9)8-10-2-4-11(13)5-3-10/h2-7H,8H2,1H3. The van der Waals surface area contributed by atoms with Crippen LogP contribution in [0.25, 0.3) is 0 Å². The van der Waals surface area contributed by atoms with Gasteiger partial charge in [-0.25, -0.2) is 4.39 Å². The zero-order chi connectivity index (χ0) is 12.4. The first kappa shape index (κ1) is 11.3. The lowest BCUT2D eigenvalue weighted by Gasteiger charge is -2.05. The number of hydrogen-bond donors (Lipinski definition) is 0. The van der Waals surface area contributed by atoms with E-state index in [2.05, 4.69) is 0 Å². The van der Waals surface area contributed by atoms with E-state index in [1.54, 1.807) is 29.8 Å². The summed E-state index contributed by atoms with van der Waals surface area (Å²) < 4.78 is 14.5. The molecule has 2 aromatic rings. The molecule has 0 spiro atoms. The van der Waals surface area contributed by atoms with Gasteiger partial charge in [0.1, 0.15) is 5.82 Å². The summed E-state index contributed by atoms with van der Waals surface area (Å²) in [5.41, 5.74) is 1.60. The molecule has 0 N–H and O–H groups in total. The third-order valence-corrected chi connectivity index (χ3v) is 2.68. The monoisotopic (exact) mass is 234 g/mol. The van der Waals surface area contributed by atoms with Gasteiger partial charge in [0.2, 0.25) is 0 Å². The number of nitro groups is 1. The molecule has 0 bridgehead atoms. The fourth-order valence-corrected chi connectivity index (χ4v) is 1.69. The van der Waals surface area contributed by atoms with E-state index < -0.39 is 4.92 Å². The summed E-state index contributed by atoms with van der Waals surface area (Å²) in [7, 11) is 0. The molecule has 0 unspecified atom stereocenters. The topological polar surface area (TPSA) is 48.1 Å². The Morgan fingerprint density at radius 1 is 1.29 bits per heavy atom. The number of nitrogens with zero attached hydrogens (tertiary/aromatic N) is 2. The molecule has 5 heteroatoms. The molecular formula is C12H11FN2O2. The van der Waals surface area contributed by atoms with Crippen LogP contribution in [-0.4, -0.2) is 9.49 Å². The molecule has 0 atom stereocenters. The fourth-order valence-electron chi connectivity index (χ4n) is 1.69. The molecule has 88 valence electrons. The Morgan fingerprint density at radius 3 is 2.47 bits per heavy atom. The number of benzene rings is 1. The number of aromatic nitrogens is 1. The number of hydrogen-bond acceptors (Lipinski definition) is 2. The Kier molecular flexibility index (Phi) is 2.91. The van der Waals surface area contributed by atoms with Gasteiger partial charge in [-0.05, 0) is 24.6 Å². The quantitative estimate of drug-likeness (QED) is 0.605. The highest BCUT2D eigenvalue weighted by atomic mass is 19.1. The van der Waals surface area contributed by atoms with Crippen molar-refractivity contribution < 1.29 is 9.31 Å². The van der Waals surface area contributed by atoms with Gasteiger partial charge in [-0.15, -0.1) is 0 Å². The van der Waals surface area contributed by atoms with Gasteiger partial charge >= 0.3 is 0 Å². The van der Waals surface area contributed by atoms with Crippen LogP contribution in [-0.2, 0) is 6.54 Å². The third kappa shape index (κ3) is 2.33. The van der Waals surface area contributed by atoms with Crippen molar-refractivity contribution in [3.8, 4) is 0 Å². The van der Waals surface area contributed by atoms with Gasteiger partial charge in [-0.3, -0.25) is 10.1 Å². The first-order valence-electron chi connectivity index (χ1n) is 5.12. The zero-order valence-electron chi connectivity index (χ0n) is 9.26. The minimum absolute atomic E-state index is 0.104. The molecule has 0 saturated carbocycles. The van der Waals surface area contributed by atoms with Crippen molar-refractivity contribution in [2.24, 2.45) is 0 Å². The van der Waals surface area contributed by atoms with Crippen molar-refractivity contribution in [3.05, 3.63) is 63.7 Å². The average Bonchev–Trinajstić information content (AvgIpc) is 2.64. The highest BCUT2D eigenvalue weighted by molar-refractivity contribution is 5.36. The second-order valence-electron chi connectivity index (χ2n) is 3.80. The number of rotatable bonds is 3. The van der Waals surface area contributed by atoms with E-state index in [1.807, 2.05) is 0 Å². The molecule has 0 amide bonds. The first-order chi connectivity index (χ1) is 8.08. The SMILES string of the molecule is Cc1c([N+](=O)[O-])ccn1Cc1ccc(F)cc1. The van der Waals surface area contributed by atoms with Gasteiger partial charge in [0.25, 0.3) is 5.69 Å². The Morgan fingerprint density at radius 2 is 1.94 bits per heavy atom. The van der Waals surface area contributed by atoms with E-state index in [1.165, 1.54) is 18.2 Å². The molecule has 4 nitrogen and oxygen atoms in total. The second kappa shape index (κ2) is 4.37. The fraction of sp³-hybridized carbons (Fsp3) is 0.167. The van der Waals surface area contributed by atoms with Crippen LogP contribution < -0.4 is 0 Å². The van der Waals surface area contributed by atoms with E-state index in [0.29, 0.717) is 12.2 Å². The van der Waals surface area contributed by atoms with Crippen molar-refractivity contribution in [3.63, 3.8) is 0 Å². The Balaban J connectivity index is 2.24. The lowest BCUT2D eigenvalue weighted by Crippen LogP contribution is -2.01. The predicted molar refractivity (Wildman–Crippen MR) is 61.3 cm³/mol. The van der Waals surface area contributed by atoms with Crippen LogP contribution in [0.2, 0.25) is 0 Å². The summed E-state index contributed by atoms with van der Waals surface area (Å²) in [6.07, 6.45) is 1.66. The van der Waals surface area contributed by atoms with Crippen LogP contribution in [0.4, 0.5) is 10.1 Å². The maximum atomic E-state index is 12.7. The average molecular weight is 234 g/mol. The lowest BCUT2D eigenvalue weighted by atomic mass is 10.2. The summed E-state index contributed by atoms with van der Waals surface area (Å²) in [6.45, 7) is 2.20. The normalized spacial score (nSPS) is 10.5. The Bertz CT molecular complexity index is 546. The largest absolute Gasteiger partial charge is 0.341 e. The van der Waals surface area contributed by atoms with Crippen LogP contribution in [0.5, 0.6) is 0 Å². The summed E-state index contributed by atoms with van der Waals surface area (Å²) in [4.78, 5) is 10.3. The van der Waals surface area contributed by atoms with E-state index in [0.717, 1.165) is 5.56 Å². The van der Waals surface area contributed by atoms with Crippen LogP contribution >= 0.6 is 0 Å². The first-order valence-corrected chi connectivity index (χ1v) is 5.12. The highest BCUT2D eigenvalue weighted by Gasteiger charge is 2.14. The van der Waals surface area contributed by atoms with E-state index in [-0.39, 0.29) is 11.5 Å².